The van der Waals surface area contributed by atoms with E-state index in [0.717, 1.165) is 99.7 Å². The number of ether oxygens (including phenoxy) is 5. The number of benzene rings is 3. The Morgan fingerprint density at radius 1 is 0.566 bits per heavy atom. The van der Waals surface area contributed by atoms with Gasteiger partial charge in [0.1, 0.15) is 17.6 Å². The molecule has 0 aliphatic heterocycles. The fourth-order valence-electron chi connectivity index (χ4n) is 6.00. The first-order valence-electron chi connectivity index (χ1n) is 18.8. The van der Waals surface area contributed by atoms with Gasteiger partial charge >= 0.3 is 17.9 Å². The lowest BCUT2D eigenvalue weighted by atomic mass is 9.82. The minimum atomic E-state index is -0.385. The van der Waals surface area contributed by atoms with Crippen LogP contribution in [0.25, 0.3) is 0 Å². The lowest BCUT2D eigenvalue weighted by Crippen LogP contribution is -2.24. The molecule has 3 aromatic carbocycles. The van der Waals surface area contributed by atoms with Crippen LogP contribution < -0.4 is 9.47 Å². The van der Waals surface area contributed by atoms with Gasteiger partial charge < -0.3 is 23.7 Å². The molecule has 280 valence electrons. The Labute approximate surface area is 314 Å². The predicted molar refractivity (Wildman–Crippen MR) is 206 cm³/mol. The maximum absolute atomic E-state index is 12.8. The first-order valence-corrected chi connectivity index (χ1v) is 18.8. The average molecular weight is 721 g/mol. The van der Waals surface area contributed by atoms with E-state index in [1.54, 1.807) is 12.1 Å². The molecule has 0 N–H and O–H groups in total. The van der Waals surface area contributed by atoms with Gasteiger partial charge in [-0.1, -0.05) is 37.1 Å². The SMILES string of the molecule is C=CC(=O)OCCCCCCOc1ccc(C#Cc2ccc([C@H]3CC[C@H](OC(=O)c4ccc(OCCCCCCOC(=O)C=C)cc4)CC3)cc2)cc1. The number of carbonyl (C=O) groups excluding carboxylic acids is 3. The summed E-state index contributed by atoms with van der Waals surface area (Å²) in [4.78, 5) is 34.9. The molecule has 0 aromatic heterocycles. The Balaban J connectivity index is 1.09. The zero-order valence-electron chi connectivity index (χ0n) is 30.7. The topological polar surface area (TPSA) is 97.4 Å². The van der Waals surface area contributed by atoms with Gasteiger partial charge in [0, 0.05) is 23.3 Å². The van der Waals surface area contributed by atoms with Crippen LogP contribution in [-0.4, -0.2) is 50.4 Å². The molecule has 4 rings (SSSR count). The molecular formula is C45H52O8. The van der Waals surface area contributed by atoms with Crippen molar-refractivity contribution >= 4 is 17.9 Å². The smallest absolute Gasteiger partial charge is 0.338 e. The van der Waals surface area contributed by atoms with Crippen molar-refractivity contribution in [3.8, 4) is 23.3 Å². The first-order chi connectivity index (χ1) is 25.9. The second-order valence-electron chi connectivity index (χ2n) is 13.1. The molecule has 1 saturated carbocycles. The molecular weight excluding hydrogens is 668 g/mol. The molecule has 1 fully saturated rings. The van der Waals surface area contributed by atoms with E-state index in [9.17, 15) is 14.4 Å². The van der Waals surface area contributed by atoms with Crippen molar-refractivity contribution in [2.45, 2.75) is 89.1 Å². The molecule has 0 unspecified atom stereocenters. The fourth-order valence-corrected chi connectivity index (χ4v) is 6.00. The predicted octanol–water partition coefficient (Wildman–Crippen LogP) is 9.31. The first kappa shape index (κ1) is 40.5. The van der Waals surface area contributed by atoms with Crippen LogP contribution in [-0.2, 0) is 23.8 Å². The highest BCUT2D eigenvalue weighted by Crippen LogP contribution is 2.34. The van der Waals surface area contributed by atoms with Gasteiger partial charge in [-0.25, -0.2) is 14.4 Å². The van der Waals surface area contributed by atoms with E-state index < -0.39 is 0 Å². The third kappa shape index (κ3) is 15.5. The zero-order valence-corrected chi connectivity index (χ0v) is 30.7. The molecule has 0 saturated heterocycles. The van der Waals surface area contributed by atoms with Crippen LogP contribution in [0.2, 0.25) is 0 Å². The Hall–Kier alpha value is -5.29. The van der Waals surface area contributed by atoms with E-state index in [4.69, 9.17) is 23.7 Å². The minimum absolute atomic E-state index is 0.0797. The highest BCUT2D eigenvalue weighted by atomic mass is 16.5. The number of esters is 3. The largest absolute Gasteiger partial charge is 0.494 e. The summed E-state index contributed by atoms with van der Waals surface area (Å²) in [6.07, 6.45) is 13.3. The third-order valence-corrected chi connectivity index (χ3v) is 9.06. The highest BCUT2D eigenvalue weighted by molar-refractivity contribution is 5.89. The summed E-state index contributed by atoms with van der Waals surface area (Å²) in [5.41, 5.74) is 3.72. The van der Waals surface area contributed by atoms with Crippen molar-refractivity contribution in [3.05, 3.63) is 120 Å². The second kappa shape index (κ2) is 23.3. The van der Waals surface area contributed by atoms with E-state index in [-0.39, 0.29) is 24.0 Å². The highest BCUT2D eigenvalue weighted by Gasteiger charge is 2.25. The molecule has 1 aliphatic rings. The Morgan fingerprint density at radius 3 is 1.47 bits per heavy atom. The summed E-state index contributed by atoms with van der Waals surface area (Å²) >= 11 is 0. The van der Waals surface area contributed by atoms with Crippen molar-refractivity contribution in [2.75, 3.05) is 26.4 Å². The maximum Gasteiger partial charge on any atom is 0.338 e. The average Bonchev–Trinajstić information content (AvgIpc) is 3.20. The molecule has 1 aliphatic carbocycles. The van der Waals surface area contributed by atoms with Crippen molar-refractivity contribution in [2.24, 2.45) is 0 Å². The second-order valence-corrected chi connectivity index (χ2v) is 13.1. The zero-order chi connectivity index (χ0) is 37.5. The van der Waals surface area contributed by atoms with E-state index in [1.807, 2.05) is 36.4 Å². The summed E-state index contributed by atoms with van der Waals surface area (Å²) in [5, 5.41) is 0. The van der Waals surface area contributed by atoms with Crippen LogP contribution in [0.5, 0.6) is 11.5 Å². The minimum Gasteiger partial charge on any atom is -0.494 e. The Morgan fingerprint density at radius 2 is 1.00 bits per heavy atom. The van der Waals surface area contributed by atoms with E-state index in [1.165, 1.54) is 17.7 Å². The van der Waals surface area contributed by atoms with E-state index in [0.29, 0.717) is 37.9 Å². The Kier molecular flexibility index (Phi) is 17.8. The van der Waals surface area contributed by atoms with E-state index in [2.05, 4.69) is 49.3 Å². The molecule has 0 amide bonds. The summed E-state index contributed by atoms with van der Waals surface area (Å²) in [6.45, 7) is 8.84. The van der Waals surface area contributed by atoms with Gasteiger partial charge in [-0.2, -0.15) is 0 Å². The fraction of sp³-hybridized carbons (Fsp3) is 0.400. The van der Waals surface area contributed by atoms with Crippen LogP contribution in [0.3, 0.4) is 0 Å². The van der Waals surface area contributed by atoms with Crippen LogP contribution in [0, 0.1) is 11.8 Å². The normalized spacial score (nSPS) is 14.9. The lowest BCUT2D eigenvalue weighted by Gasteiger charge is -2.28. The number of unbranched alkanes of at least 4 members (excludes halogenated alkanes) is 6. The molecule has 0 bridgehead atoms. The van der Waals surface area contributed by atoms with Gasteiger partial charge in [0.05, 0.1) is 32.0 Å². The van der Waals surface area contributed by atoms with Crippen molar-refractivity contribution in [1.82, 2.24) is 0 Å². The van der Waals surface area contributed by atoms with Crippen molar-refractivity contribution in [3.63, 3.8) is 0 Å². The van der Waals surface area contributed by atoms with Crippen LogP contribution in [0.1, 0.15) is 110 Å². The molecule has 0 spiro atoms. The van der Waals surface area contributed by atoms with Gasteiger partial charge in [-0.15, -0.1) is 0 Å². The number of hydrogen-bond acceptors (Lipinski definition) is 8. The molecule has 0 heterocycles. The quantitative estimate of drug-likeness (QED) is 0.0353. The summed E-state index contributed by atoms with van der Waals surface area (Å²) in [6, 6.07) is 23.5. The van der Waals surface area contributed by atoms with Crippen molar-refractivity contribution < 1.29 is 38.1 Å². The number of hydrogen-bond donors (Lipinski definition) is 0. The van der Waals surface area contributed by atoms with Gasteiger partial charge in [0.15, 0.2) is 0 Å². The van der Waals surface area contributed by atoms with Crippen LogP contribution in [0.15, 0.2) is 98.1 Å². The van der Waals surface area contributed by atoms with Gasteiger partial charge in [0.25, 0.3) is 0 Å². The lowest BCUT2D eigenvalue weighted by molar-refractivity contribution is -0.138. The molecule has 0 atom stereocenters. The number of carbonyl (C=O) groups is 3. The molecule has 0 radical (unpaired) electrons. The van der Waals surface area contributed by atoms with Gasteiger partial charge in [0.2, 0.25) is 0 Å². The standard InChI is InChI=1S/C45H52O8/c1-3-43(46)51-33-11-7-5-9-31-49-40-25-17-36(18-26-40)14-13-35-15-19-37(20-16-35)38-21-29-42(30-22-38)53-45(48)39-23-27-41(28-24-39)50-32-10-6-8-12-34-52-44(47)4-2/h3-4,15-20,23-28,38,42H,1-2,5-12,21-22,29-34H2/t38-,42-. The summed E-state index contributed by atoms with van der Waals surface area (Å²) < 4.78 is 27.5. The molecule has 3 aromatic rings. The van der Waals surface area contributed by atoms with E-state index >= 15 is 0 Å². The Bertz CT molecular complexity index is 1640. The molecule has 8 heteroatoms. The molecule has 53 heavy (non-hydrogen) atoms. The van der Waals surface area contributed by atoms with Crippen LogP contribution in [0.4, 0.5) is 0 Å². The number of rotatable bonds is 21. The van der Waals surface area contributed by atoms with Crippen LogP contribution >= 0.6 is 0 Å². The summed E-state index contributed by atoms with van der Waals surface area (Å²) in [5.74, 6) is 7.44. The van der Waals surface area contributed by atoms with Gasteiger partial charge in [-0.3, -0.25) is 0 Å². The third-order valence-electron chi connectivity index (χ3n) is 9.06. The monoisotopic (exact) mass is 720 g/mol. The van der Waals surface area contributed by atoms with Crippen molar-refractivity contribution in [1.29, 1.82) is 0 Å². The molecule has 8 nitrogen and oxygen atoms in total. The maximum atomic E-state index is 12.8. The van der Waals surface area contributed by atoms with Gasteiger partial charge in [-0.05, 0) is 149 Å². The summed E-state index contributed by atoms with van der Waals surface area (Å²) in [7, 11) is 0.